The number of nitrogens with one attached hydrogen (secondary N) is 2. The maximum Gasteiger partial charge on any atom is 0.276 e. The summed E-state index contributed by atoms with van der Waals surface area (Å²) in [6.07, 6.45) is 0. The van der Waals surface area contributed by atoms with Gasteiger partial charge in [0.2, 0.25) is 5.91 Å². The molecule has 2 N–H and O–H groups in total. The standard InChI is InChI=1S/C20H23FN2O3S/c1-13(2)15-9-8-14(3)10-17(15)26-11-19(24)22-23-20(25)12-27-18-7-5-4-6-16(18)21/h4-10,13H,11-12H2,1-3H3,(H,22,24)(H,23,25). The second-order valence-corrected chi connectivity index (χ2v) is 7.32. The molecule has 2 rings (SSSR count). The lowest BCUT2D eigenvalue weighted by Crippen LogP contribution is -2.44. The average Bonchev–Trinajstić information content (AvgIpc) is 2.63. The van der Waals surface area contributed by atoms with Gasteiger partial charge in [-0.05, 0) is 42.2 Å². The number of carbonyl (C=O) groups excluding carboxylic acids is 2. The Morgan fingerprint density at radius 3 is 2.52 bits per heavy atom. The fourth-order valence-electron chi connectivity index (χ4n) is 2.30. The van der Waals surface area contributed by atoms with Crippen molar-refractivity contribution in [2.45, 2.75) is 31.6 Å². The zero-order valence-corrected chi connectivity index (χ0v) is 16.4. The van der Waals surface area contributed by atoms with Crippen molar-refractivity contribution < 1.29 is 18.7 Å². The predicted octanol–water partition coefficient (Wildman–Crippen LogP) is 3.58. The second kappa shape index (κ2) is 9.97. The normalized spacial score (nSPS) is 10.6. The van der Waals surface area contributed by atoms with Crippen LogP contribution in [0.25, 0.3) is 0 Å². The Morgan fingerprint density at radius 2 is 1.81 bits per heavy atom. The quantitative estimate of drug-likeness (QED) is 0.560. The van der Waals surface area contributed by atoms with Crippen molar-refractivity contribution in [3.8, 4) is 5.75 Å². The minimum absolute atomic E-state index is 0.0164. The number of hydrazine groups is 1. The van der Waals surface area contributed by atoms with Gasteiger partial charge in [0.1, 0.15) is 11.6 Å². The van der Waals surface area contributed by atoms with Crippen LogP contribution in [0.5, 0.6) is 5.75 Å². The maximum absolute atomic E-state index is 13.5. The van der Waals surface area contributed by atoms with Crippen molar-refractivity contribution in [3.05, 3.63) is 59.4 Å². The van der Waals surface area contributed by atoms with Gasteiger partial charge in [-0.1, -0.05) is 38.1 Å². The van der Waals surface area contributed by atoms with Crippen molar-refractivity contribution in [1.82, 2.24) is 10.9 Å². The van der Waals surface area contributed by atoms with E-state index in [4.69, 9.17) is 4.74 Å². The molecule has 0 saturated heterocycles. The van der Waals surface area contributed by atoms with Gasteiger partial charge in [-0.2, -0.15) is 0 Å². The molecular formula is C20H23FN2O3S. The fourth-order valence-corrected chi connectivity index (χ4v) is 3.04. The molecule has 7 heteroatoms. The Morgan fingerprint density at radius 1 is 1.11 bits per heavy atom. The van der Waals surface area contributed by atoms with Gasteiger partial charge in [0, 0.05) is 4.90 Å². The minimum atomic E-state index is -0.476. The molecule has 0 fully saturated rings. The molecule has 0 heterocycles. The molecule has 0 aromatic heterocycles. The molecule has 2 aromatic carbocycles. The van der Waals surface area contributed by atoms with Crippen LogP contribution in [0.1, 0.15) is 30.9 Å². The molecule has 0 atom stereocenters. The van der Waals surface area contributed by atoms with Gasteiger partial charge in [0.15, 0.2) is 6.61 Å². The molecule has 0 unspecified atom stereocenters. The number of benzene rings is 2. The predicted molar refractivity (Wildman–Crippen MR) is 104 cm³/mol. The Hall–Kier alpha value is -2.54. The molecular weight excluding hydrogens is 367 g/mol. The zero-order valence-electron chi connectivity index (χ0n) is 15.5. The highest BCUT2D eigenvalue weighted by Gasteiger charge is 2.11. The number of amides is 2. The largest absolute Gasteiger partial charge is 0.483 e. The first-order chi connectivity index (χ1) is 12.9. The lowest BCUT2D eigenvalue weighted by Gasteiger charge is -2.15. The fraction of sp³-hybridized carbons (Fsp3) is 0.300. The molecule has 144 valence electrons. The van der Waals surface area contributed by atoms with Crippen LogP contribution in [0, 0.1) is 12.7 Å². The van der Waals surface area contributed by atoms with Crippen LogP contribution in [-0.4, -0.2) is 24.2 Å². The van der Waals surface area contributed by atoms with Gasteiger partial charge in [-0.25, -0.2) is 4.39 Å². The summed E-state index contributed by atoms with van der Waals surface area (Å²) in [6.45, 7) is 5.82. The Labute approximate surface area is 162 Å². The number of hydrogen-bond donors (Lipinski definition) is 2. The second-order valence-electron chi connectivity index (χ2n) is 6.30. The molecule has 0 aliphatic rings. The molecule has 0 bridgehead atoms. The van der Waals surface area contributed by atoms with Crippen molar-refractivity contribution >= 4 is 23.6 Å². The summed E-state index contributed by atoms with van der Waals surface area (Å²) < 4.78 is 19.1. The van der Waals surface area contributed by atoms with Crippen LogP contribution in [-0.2, 0) is 9.59 Å². The van der Waals surface area contributed by atoms with Gasteiger partial charge in [-0.15, -0.1) is 11.8 Å². The van der Waals surface area contributed by atoms with E-state index in [1.54, 1.807) is 18.2 Å². The molecule has 0 spiro atoms. The Kier molecular flexibility index (Phi) is 7.67. The molecule has 2 amide bonds. The summed E-state index contributed by atoms with van der Waals surface area (Å²) in [5.74, 6) is -0.394. The van der Waals surface area contributed by atoms with Crippen LogP contribution in [0.2, 0.25) is 0 Å². The number of aryl methyl sites for hydroxylation is 1. The van der Waals surface area contributed by atoms with Crippen LogP contribution < -0.4 is 15.6 Å². The van der Waals surface area contributed by atoms with Gasteiger partial charge in [0.05, 0.1) is 5.75 Å². The highest BCUT2D eigenvalue weighted by atomic mass is 32.2. The summed E-state index contributed by atoms with van der Waals surface area (Å²) in [4.78, 5) is 24.1. The molecule has 0 radical (unpaired) electrons. The molecule has 0 aliphatic carbocycles. The SMILES string of the molecule is Cc1ccc(C(C)C)c(OCC(=O)NNC(=O)CSc2ccccc2F)c1. The number of carbonyl (C=O) groups is 2. The van der Waals surface area contributed by atoms with E-state index >= 15 is 0 Å². The van der Waals surface area contributed by atoms with E-state index in [0.717, 1.165) is 22.9 Å². The van der Waals surface area contributed by atoms with Crippen molar-refractivity contribution in [2.75, 3.05) is 12.4 Å². The van der Waals surface area contributed by atoms with Crippen molar-refractivity contribution in [1.29, 1.82) is 0 Å². The van der Waals surface area contributed by atoms with Crippen LogP contribution >= 0.6 is 11.8 Å². The highest BCUT2D eigenvalue weighted by molar-refractivity contribution is 8.00. The summed E-state index contributed by atoms with van der Waals surface area (Å²) in [7, 11) is 0. The molecule has 2 aromatic rings. The van der Waals surface area contributed by atoms with E-state index in [1.165, 1.54) is 6.07 Å². The van der Waals surface area contributed by atoms with E-state index in [-0.39, 0.29) is 24.1 Å². The summed E-state index contributed by atoms with van der Waals surface area (Å²) in [5, 5.41) is 0. The average molecular weight is 390 g/mol. The molecule has 0 saturated carbocycles. The molecule has 0 aliphatic heterocycles. The van der Waals surface area contributed by atoms with Crippen LogP contribution in [0.3, 0.4) is 0 Å². The van der Waals surface area contributed by atoms with Gasteiger partial charge in [0.25, 0.3) is 5.91 Å². The molecule has 27 heavy (non-hydrogen) atoms. The van der Waals surface area contributed by atoms with Crippen molar-refractivity contribution in [3.63, 3.8) is 0 Å². The highest BCUT2D eigenvalue weighted by Crippen LogP contribution is 2.27. The first-order valence-electron chi connectivity index (χ1n) is 8.55. The third-order valence-electron chi connectivity index (χ3n) is 3.69. The van der Waals surface area contributed by atoms with Gasteiger partial charge < -0.3 is 4.74 Å². The monoisotopic (exact) mass is 390 g/mol. The Bertz CT molecular complexity index is 812. The van der Waals surface area contributed by atoms with E-state index in [0.29, 0.717) is 10.6 Å². The first kappa shape index (κ1) is 20.8. The van der Waals surface area contributed by atoms with E-state index in [9.17, 15) is 14.0 Å². The lowest BCUT2D eigenvalue weighted by atomic mass is 10.0. The van der Waals surface area contributed by atoms with Crippen LogP contribution in [0.4, 0.5) is 4.39 Å². The third-order valence-corrected chi connectivity index (χ3v) is 4.74. The van der Waals surface area contributed by atoms with Gasteiger partial charge in [-0.3, -0.25) is 20.4 Å². The maximum atomic E-state index is 13.5. The zero-order chi connectivity index (χ0) is 19.8. The summed E-state index contributed by atoms with van der Waals surface area (Å²) in [5.41, 5.74) is 6.64. The number of hydrogen-bond acceptors (Lipinski definition) is 4. The Balaban J connectivity index is 1.77. The topological polar surface area (TPSA) is 67.4 Å². The van der Waals surface area contributed by atoms with E-state index in [1.807, 2.05) is 39.0 Å². The number of thioether (sulfide) groups is 1. The number of halogens is 1. The van der Waals surface area contributed by atoms with E-state index in [2.05, 4.69) is 10.9 Å². The third kappa shape index (κ3) is 6.60. The lowest BCUT2D eigenvalue weighted by molar-refractivity contribution is -0.128. The van der Waals surface area contributed by atoms with E-state index < -0.39 is 11.8 Å². The van der Waals surface area contributed by atoms with Crippen LogP contribution in [0.15, 0.2) is 47.4 Å². The van der Waals surface area contributed by atoms with Gasteiger partial charge >= 0.3 is 0 Å². The summed E-state index contributed by atoms with van der Waals surface area (Å²) >= 11 is 1.05. The smallest absolute Gasteiger partial charge is 0.276 e. The summed E-state index contributed by atoms with van der Waals surface area (Å²) in [6, 6.07) is 12.1. The van der Waals surface area contributed by atoms with Crippen molar-refractivity contribution in [2.24, 2.45) is 0 Å². The number of rotatable bonds is 7. The molecule has 5 nitrogen and oxygen atoms in total. The number of ether oxygens (including phenoxy) is 1. The minimum Gasteiger partial charge on any atom is -0.483 e. The first-order valence-corrected chi connectivity index (χ1v) is 9.53.